The Morgan fingerprint density at radius 3 is 1.60 bits per heavy atom. The van der Waals surface area contributed by atoms with E-state index in [2.05, 4.69) is 0 Å². The van der Waals surface area contributed by atoms with Gasteiger partial charge in [0, 0.05) is 0 Å². The molecule has 0 amide bonds. The lowest BCUT2D eigenvalue weighted by atomic mass is 9.60. The highest BCUT2D eigenvalue weighted by Gasteiger charge is 2.10. The van der Waals surface area contributed by atoms with Crippen LogP contribution in [0.15, 0.2) is 0 Å². The molecule has 0 radical (unpaired) electrons. The zero-order valence-electron chi connectivity index (χ0n) is 6.68. The van der Waals surface area contributed by atoms with Crippen molar-refractivity contribution in [1.29, 1.82) is 0 Å². The first kappa shape index (κ1) is 8.12. The lowest BCUT2D eigenvalue weighted by Gasteiger charge is -2.01. The molecule has 0 saturated carbocycles. The van der Waals surface area contributed by atoms with Crippen LogP contribution in [0.3, 0.4) is 0 Å². The molecule has 1 rings (SSSR count). The number of hydrogen-bond donors (Lipinski definition) is 1. The van der Waals surface area contributed by atoms with Gasteiger partial charge in [0.1, 0.15) is 0 Å². The van der Waals surface area contributed by atoms with Gasteiger partial charge in [0.2, 0.25) is 0 Å². The van der Waals surface area contributed by atoms with E-state index in [0.717, 1.165) is 12.6 Å². The van der Waals surface area contributed by atoms with Crippen LogP contribution in [0.1, 0.15) is 38.5 Å². The molecule has 1 nitrogen and oxygen atoms in total. The molecule has 58 valence electrons. The highest BCUT2D eigenvalue weighted by molar-refractivity contribution is 6.50. The van der Waals surface area contributed by atoms with Gasteiger partial charge in [-0.1, -0.05) is 38.5 Å². The zero-order chi connectivity index (χ0) is 7.23. The molecule has 0 aromatic rings. The molecule has 1 aliphatic heterocycles. The molecule has 0 unspecified atom stereocenters. The van der Waals surface area contributed by atoms with Crippen LogP contribution in [0.4, 0.5) is 0 Å². The average Bonchev–Trinajstić information content (AvgIpc) is 2.02. The molecule has 0 bridgehead atoms. The van der Waals surface area contributed by atoms with Gasteiger partial charge in [0.05, 0.1) is 0 Å². The summed E-state index contributed by atoms with van der Waals surface area (Å²) in [6.45, 7) is 0.0121. The minimum absolute atomic E-state index is 0.0121. The lowest BCUT2D eigenvalue weighted by molar-refractivity contribution is 0.558. The molecule has 2 heteroatoms. The third-order valence-electron chi connectivity index (χ3n) is 2.32. The van der Waals surface area contributed by atoms with E-state index in [0.29, 0.717) is 0 Å². The molecule has 0 aromatic carbocycles. The van der Waals surface area contributed by atoms with Crippen LogP contribution in [-0.2, 0) is 0 Å². The van der Waals surface area contributed by atoms with Gasteiger partial charge < -0.3 is 5.02 Å². The summed E-state index contributed by atoms with van der Waals surface area (Å²) in [6, 6.07) is 0. The Labute approximate surface area is 63.9 Å². The van der Waals surface area contributed by atoms with Crippen molar-refractivity contribution >= 4 is 6.92 Å². The third-order valence-corrected chi connectivity index (χ3v) is 2.32. The monoisotopic (exact) mass is 140 g/mol. The molecular weight excluding hydrogens is 123 g/mol. The molecule has 0 aliphatic carbocycles. The van der Waals surface area contributed by atoms with Crippen molar-refractivity contribution in [3.05, 3.63) is 0 Å². The minimum Gasteiger partial charge on any atom is -0.450 e. The van der Waals surface area contributed by atoms with Crippen molar-refractivity contribution in [3.63, 3.8) is 0 Å². The molecule has 1 N–H and O–H groups in total. The highest BCUT2D eigenvalue weighted by atomic mass is 16.2. The van der Waals surface area contributed by atoms with Crippen LogP contribution in [0, 0.1) is 0 Å². The quantitative estimate of drug-likeness (QED) is 0.512. The van der Waals surface area contributed by atoms with Crippen LogP contribution >= 0.6 is 0 Å². The summed E-state index contributed by atoms with van der Waals surface area (Å²) in [5.74, 6) is 0. The van der Waals surface area contributed by atoms with Crippen LogP contribution in [0.2, 0.25) is 12.6 Å². The normalized spacial score (nSPS) is 23.1. The fraction of sp³-hybridized carbons (Fsp3) is 1.00. The van der Waals surface area contributed by atoms with E-state index >= 15 is 0 Å². The standard InChI is InChI=1S/C8H17BO/c10-9-7-5-3-1-2-4-6-8-9/h10H,1-8H2. The van der Waals surface area contributed by atoms with Gasteiger partial charge >= 0.3 is 0 Å². The molecule has 0 atom stereocenters. The largest absolute Gasteiger partial charge is 0.450 e. The smallest absolute Gasteiger partial charge is 0.288 e. The van der Waals surface area contributed by atoms with E-state index in [-0.39, 0.29) is 6.92 Å². The maximum absolute atomic E-state index is 9.34. The van der Waals surface area contributed by atoms with Crippen molar-refractivity contribution < 1.29 is 5.02 Å². The molecular formula is C8H17BO. The number of rotatable bonds is 0. The second kappa shape index (κ2) is 4.78. The van der Waals surface area contributed by atoms with E-state index < -0.39 is 0 Å². The maximum atomic E-state index is 9.34. The average molecular weight is 140 g/mol. The molecule has 1 fully saturated rings. The van der Waals surface area contributed by atoms with E-state index in [1.165, 1.54) is 38.5 Å². The van der Waals surface area contributed by atoms with E-state index in [1.807, 2.05) is 0 Å². The SMILES string of the molecule is OB1CCCCCCCC1. The van der Waals surface area contributed by atoms with Gasteiger partial charge in [0.15, 0.2) is 0 Å². The molecule has 1 saturated heterocycles. The second-order valence-corrected chi connectivity index (χ2v) is 3.35. The van der Waals surface area contributed by atoms with Gasteiger partial charge in [-0.15, -0.1) is 0 Å². The van der Waals surface area contributed by atoms with Gasteiger partial charge in [-0.2, -0.15) is 0 Å². The summed E-state index contributed by atoms with van der Waals surface area (Å²) in [5, 5.41) is 9.34. The van der Waals surface area contributed by atoms with Crippen molar-refractivity contribution in [2.75, 3.05) is 0 Å². The number of hydrogen-bond acceptors (Lipinski definition) is 1. The summed E-state index contributed by atoms with van der Waals surface area (Å²) in [5.41, 5.74) is 0. The zero-order valence-corrected chi connectivity index (χ0v) is 6.68. The van der Waals surface area contributed by atoms with Crippen LogP contribution in [0.25, 0.3) is 0 Å². The maximum Gasteiger partial charge on any atom is 0.288 e. The fourth-order valence-electron chi connectivity index (χ4n) is 1.61. The van der Waals surface area contributed by atoms with E-state index in [9.17, 15) is 5.02 Å². The van der Waals surface area contributed by atoms with E-state index in [1.54, 1.807) is 0 Å². The summed E-state index contributed by atoms with van der Waals surface area (Å²) in [6.07, 6.45) is 9.98. The predicted octanol–water partition coefficient (Wildman–Crippen LogP) is 2.32. The Bertz CT molecular complexity index is 75.3. The second-order valence-electron chi connectivity index (χ2n) is 3.35. The van der Waals surface area contributed by atoms with Gasteiger partial charge in [-0.3, -0.25) is 0 Å². The van der Waals surface area contributed by atoms with Crippen molar-refractivity contribution in [2.24, 2.45) is 0 Å². The first-order chi connectivity index (χ1) is 4.89. The predicted molar refractivity (Wildman–Crippen MR) is 45.3 cm³/mol. The Kier molecular flexibility index (Phi) is 3.88. The van der Waals surface area contributed by atoms with Crippen LogP contribution in [0.5, 0.6) is 0 Å². The molecule has 0 spiro atoms. The van der Waals surface area contributed by atoms with Crippen LogP contribution < -0.4 is 0 Å². The Morgan fingerprint density at radius 1 is 0.700 bits per heavy atom. The Balaban J connectivity index is 2.15. The van der Waals surface area contributed by atoms with Crippen molar-refractivity contribution in [2.45, 2.75) is 51.2 Å². The van der Waals surface area contributed by atoms with Crippen LogP contribution in [-0.4, -0.2) is 11.9 Å². The molecule has 1 heterocycles. The first-order valence-electron chi connectivity index (χ1n) is 4.57. The van der Waals surface area contributed by atoms with Gasteiger partial charge in [-0.05, 0) is 12.6 Å². The Hall–Kier alpha value is 0.0249. The Morgan fingerprint density at radius 2 is 1.10 bits per heavy atom. The molecule has 1 aliphatic rings. The van der Waals surface area contributed by atoms with Crippen molar-refractivity contribution in [1.82, 2.24) is 0 Å². The van der Waals surface area contributed by atoms with Gasteiger partial charge in [-0.25, -0.2) is 0 Å². The highest BCUT2D eigenvalue weighted by Crippen LogP contribution is 2.15. The lowest BCUT2D eigenvalue weighted by Crippen LogP contribution is -2.09. The fourth-order valence-corrected chi connectivity index (χ4v) is 1.61. The topological polar surface area (TPSA) is 20.2 Å². The van der Waals surface area contributed by atoms with E-state index in [4.69, 9.17) is 0 Å². The summed E-state index contributed by atoms with van der Waals surface area (Å²) in [4.78, 5) is 0. The summed E-state index contributed by atoms with van der Waals surface area (Å²) >= 11 is 0. The first-order valence-corrected chi connectivity index (χ1v) is 4.57. The summed E-state index contributed by atoms with van der Waals surface area (Å²) in [7, 11) is 0. The minimum atomic E-state index is 0.0121. The summed E-state index contributed by atoms with van der Waals surface area (Å²) < 4.78 is 0. The molecule has 0 aromatic heterocycles. The third kappa shape index (κ3) is 3.26. The van der Waals surface area contributed by atoms with Gasteiger partial charge in [0.25, 0.3) is 6.92 Å². The molecule has 10 heavy (non-hydrogen) atoms. The van der Waals surface area contributed by atoms with Crippen molar-refractivity contribution in [3.8, 4) is 0 Å².